The van der Waals surface area contributed by atoms with Gasteiger partial charge in [-0.25, -0.2) is 0 Å². The Morgan fingerprint density at radius 1 is 0.277 bits per heavy atom. The molecule has 0 heterocycles. The summed E-state index contributed by atoms with van der Waals surface area (Å²) in [5.74, 6) is 0.722. The Balaban J connectivity index is -0.00000116. The highest BCUT2D eigenvalue weighted by Crippen LogP contribution is 1.99. The van der Waals surface area contributed by atoms with Crippen LogP contribution in [-0.2, 0) is 90.0 Å². The minimum Gasteiger partial charge on any atom is -0.394 e. The Kier molecular flexibility index (Phi) is 85.3. The molecule has 0 saturated heterocycles. The van der Waals surface area contributed by atoms with E-state index in [-0.39, 0.29) is 6.61 Å². The van der Waals surface area contributed by atoms with E-state index in [1.807, 2.05) is 86.7 Å². The summed E-state index contributed by atoms with van der Waals surface area (Å²) in [7, 11) is 0. The fourth-order valence-corrected chi connectivity index (χ4v) is 5.52. The number of aliphatic hydroxyl groups is 1. The van der Waals surface area contributed by atoms with Crippen molar-refractivity contribution in [3.05, 3.63) is 84.9 Å². The molecule has 0 unspecified atom stereocenters. The molecule has 2 aromatic carbocycles. The summed E-state index contributed by atoms with van der Waals surface area (Å²) in [6.45, 7) is 36.7. The lowest BCUT2D eigenvalue weighted by atomic mass is 10.2. The molecule has 0 aromatic heterocycles. The maximum absolute atomic E-state index is 8.54. The molecule has 20 nitrogen and oxygen atoms in total. The molecule has 0 aliphatic heterocycles. The van der Waals surface area contributed by atoms with Gasteiger partial charge in [0.2, 0.25) is 0 Å². The van der Waals surface area contributed by atoms with Crippen molar-refractivity contribution in [2.24, 2.45) is 0 Å². The van der Waals surface area contributed by atoms with Gasteiger partial charge in [-0.3, -0.25) is 0 Å². The third kappa shape index (κ3) is 83.7. The van der Waals surface area contributed by atoms with Crippen molar-refractivity contribution < 1.29 is 95.1 Å². The first-order valence-electron chi connectivity index (χ1n) is 29.6. The van der Waals surface area contributed by atoms with Crippen LogP contribution in [0, 0.1) is 0 Å². The largest absolute Gasteiger partial charge is 0.394 e. The fraction of sp³-hybridized carbons (Fsp3) is 0.742. The molecule has 0 amide bonds. The quantitative estimate of drug-likeness (QED) is 0.0493. The lowest BCUT2D eigenvalue weighted by Gasteiger charge is -2.09. The van der Waals surface area contributed by atoms with Crippen LogP contribution in [0.5, 0.6) is 0 Å². The second-order valence-corrected chi connectivity index (χ2v) is 17.0. The SMILES string of the molecule is C=Cc1ccccc1.C=Cc1ccccc1.CCCOCCOCCOCCOCCOCCOCCOCCOCCOCCO.CCCOCCOCCOCCOCCOCCOCCOCCOCCOCCOCC.CCCl. The van der Waals surface area contributed by atoms with E-state index >= 15 is 0 Å². The summed E-state index contributed by atoms with van der Waals surface area (Å²) in [5, 5.41) is 8.54. The molecule has 83 heavy (non-hydrogen) atoms. The fourth-order valence-electron chi connectivity index (χ4n) is 5.52. The van der Waals surface area contributed by atoms with Gasteiger partial charge in [0.15, 0.2) is 0 Å². The molecule has 21 heteroatoms. The van der Waals surface area contributed by atoms with E-state index in [4.69, 9.17) is 107 Å². The van der Waals surface area contributed by atoms with Gasteiger partial charge in [0.05, 0.1) is 238 Å². The van der Waals surface area contributed by atoms with Crippen LogP contribution in [0.4, 0.5) is 0 Å². The minimum atomic E-state index is 0.0323. The Labute approximate surface area is 506 Å². The maximum Gasteiger partial charge on any atom is 0.0701 e. The first-order chi connectivity index (χ1) is 41.1. The summed E-state index contributed by atoms with van der Waals surface area (Å²) in [5.41, 5.74) is 2.35. The number of hydrogen-bond donors (Lipinski definition) is 1. The van der Waals surface area contributed by atoms with Crippen LogP contribution in [0.25, 0.3) is 12.2 Å². The molecule has 2 rings (SSSR count). The lowest BCUT2D eigenvalue weighted by Crippen LogP contribution is -2.15. The highest BCUT2D eigenvalue weighted by Gasteiger charge is 1.98. The topological polar surface area (TPSA) is 196 Å². The van der Waals surface area contributed by atoms with E-state index in [1.165, 1.54) is 11.1 Å². The van der Waals surface area contributed by atoms with Crippen LogP contribution in [0.1, 0.15) is 51.7 Å². The van der Waals surface area contributed by atoms with E-state index in [2.05, 4.69) is 27.0 Å². The normalized spacial score (nSPS) is 10.7. The number of rotatable bonds is 60. The molecule has 0 bridgehead atoms. The third-order valence-corrected chi connectivity index (χ3v) is 9.53. The van der Waals surface area contributed by atoms with Crippen LogP contribution >= 0.6 is 11.6 Å². The van der Waals surface area contributed by atoms with Crippen molar-refractivity contribution in [2.45, 2.75) is 40.5 Å². The van der Waals surface area contributed by atoms with Gasteiger partial charge in [0.25, 0.3) is 0 Å². The smallest absolute Gasteiger partial charge is 0.0701 e. The van der Waals surface area contributed by atoms with Gasteiger partial charge in [-0.1, -0.05) is 107 Å². The van der Waals surface area contributed by atoms with Crippen molar-refractivity contribution in [3.63, 3.8) is 0 Å². The molecule has 2 aromatic rings. The highest BCUT2D eigenvalue weighted by molar-refractivity contribution is 6.17. The van der Waals surface area contributed by atoms with E-state index in [1.54, 1.807) is 0 Å². The zero-order chi connectivity index (χ0) is 60.8. The molecular weight excluding hydrogens is 1100 g/mol. The molecule has 0 fully saturated rings. The summed E-state index contributed by atoms with van der Waals surface area (Å²) >= 11 is 5.00. The van der Waals surface area contributed by atoms with Crippen LogP contribution in [0.2, 0.25) is 0 Å². The minimum absolute atomic E-state index is 0.0323. The molecule has 1 N–H and O–H groups in total. The van der Waals surface area contributed by atoms with Crippen LogP contribution < -0.4 is 0 Å². The van der Waals surface area contributed by atoms with Gasteiger partial charge < -0.3 is 95.1 Å². The average Bonchev–Trinajstić information content (AvgIpc) is 3.51. The number of hydrogen-bond acceptors (Lipinski definition) is 20. The maximum atomic E-state index is 8.54. The summed E-state index contributed by atoms with van der Waals surface area (Å²) in [6, 6.07) is 20.1. The predicted octanol–water partition coefficient (Wildman–Crippen LogP) is 8.02. The molecule has 0 radical (unpaired) electrons. The van der Waals surface area contributed by atoms with E-state index < -0.39 is 0 Å². The number of benzene rings is 2. The first kappa shape index (κ1) is 84.6. The zero-order valence-electron chi connectivity index (χ0n) is 51.6. The Morgan fingerprint density at radius 2 is 0.434 bits per heavy atom. The van der Waals surface area contributed by atoms with E-state index in [9.17, 15) is 0 Å². The first-order valence-corrected chi connectivity index (χ1v) is 30.1. The molecule has 0 atom stereocenters. The van der Waals surface area contributed by atoms with Crippen molar-refractivity contribution >= 4 is 23.8 Å². The average molecular weight is 1210 g/mol. The van der Waals surface area contributed by atoms with E-state index in [0.29, 0.717) is 238 Å². The van der Waals surface area contributed by atoms with Crippen molar-refractivity contribution in [1.29, 1.82) is 0 Å². The third-order valence-electron chi connectivity index (χ3n) is 9.53. The van der Waals surface area contributed by atoms with Gasteiger partial charge in [0.1, 0.15) is 0 Å². The molecule has 488 valence electrons. The standard InChI is InChI=1S/C23H48O10.C21H44O10.2C8H8.C2H5Cl/c1-3-5-25-8-9-27-12-13-29-16-17-31-20-21-33-23-22-32-19-18-30-15-14-28-11-10-26-7-6-24-4-2;1-2-4-23-6-8-25-10-12-27-14-16-29-18-20-31-21-19-30-17-15-28-13-11-26-9-7-24-5-3-22;2*1-2-8-6-4-3-5-7-8;1-2-3/h3-23H2,1-2H3;22H,2-21H2,1H3;2*2-7H,1H2;2H2,1H3. The van der Waals surface area contributed by atoms with Gasteiger partial charge in [-0.15, -0.1) is 11.6 Å². The number of alkyl halides is 1. The number of halogens is 1. The Bertz CT molecular complexity index is 1310. The molecule has 0 aliphatic carbocycles. The second kappa shape index (κ2) is 83.6. The predicted molar refractivity (Wildman–Crippen MR) is 328 cm³/mol. The summed E-state index contributed by atoms with van der Waals surface area (Å²) in [4.78, 5) is 0. The van der Waals surface area contributed by atoms with Crippen LogP contribution in [-0.4, -0.2) is 269 Å². The molecule has 0 aliphatic rings. The zero-order valence-corrected chi connectivity index (χ0v) is 52.4. The molecule has 0 saturated carbocycles. The summed E-state index contributed by atoms with van der Waals surface area (Å²) in [6.07, 6.45) is 5.72. The molecular formula is C62H113ClO20. The summed E-state index contributed by atoms with van der Waals surface area (Å²) < 4.78 is 102. The number of ether oxygens (including phenoxy) is 19. The second-order valence-electron chi connectivity index (χ2n) is 16.4. The van der Waals surface area contributed by atoms with Crippen LogP contribution in [0.15, 0.2) is 73.8 Å². The lowest BCUT2D eigenvalue weighted by molar-refractivity contribution is -0.0262. The van der Waals surface area contributed by atoms with Gasteiger partial charge in [-0.05, 0) is 30.9 Å². The van der Waals surface area contributed by atoms with Gasteiger partial charge >= 0.3 is 0 Å². The van der Waals surface area contributed by atoms with Crippen molar-refractivity contribution in [1.82, 2.24) is 0 Å². The van der Waals surface area contributed by atoms with Gasteiger partial charge in [-0.2, -0.15) is 0 Å². The van der Waals surface area contributed by atoms with Gasteiger partial charge in [0, 0.05) is 25.7 Å². The monoisotopic (exact) mass is 1210 g/mol. The Hall–Kier alpha value is -2.59. The Morgan fingerprint density at radius 3 is 0.566 bits per heavy atom. The van der Waals surface area contributed by atoms with Crippen LogP contribution in [0.3, 0.4) is 0 Å². The molecule has 0 spiro atoms. The van der Waals surface area contributed by atoms with Crippen molar-refractivity contribution in [3.8, 4) is 0 Å². The van der Waals surface area contributed by atoms with Crippen molar-refractivity contribution in [2.75, 3.05) is 264 Å². The van der Waals surface area contributed by atoms with E-state index in [0.717, 1.165) is 31.9 Å². The highest BCUT2D eigenvalue weighted by atomic mass is 35.5. The number of aliphatic hydroxyl groups excluding tert-OH is 1.